The van der Waals surface area contributed by atoms with Crippen molar-refractivity contribution in [1.82, 2.24) is 0 Å². The summed E-state index contributed by atoms with van der Waals surface area (Å²) in [6.45, 7) is 9.78. The highest BCUT2D eigenvalue weighted by molar-refractivity contribution is 5.91. The number of fused-ring (bicyclic) bond motifs is 4. The van der Waals surface area contributed by atoms with Crippen LogP contribution in [0.2, 0.25) is 0 Å². The average molecular weight is 320 g/mol. The van der Waals surface area contributed by atoms with Gasteiger partial charge in [-0.15, -0.1) is 0 Å². The molecule has 7 atom stereocenters. The summed E-state index contributed by atoms with van der Waals surface area (Å²) in [4.78, 5) is 23.6. The molecule has 6 nitrogen and oxygen atoms in total. The van der Waals surface area contributed by atoms with Gasteiger partial charge in [0.25, 0.3) is 0 Å². The molecule has 4 fully saturated rings. The van der Waals surface area contributed by atoms with Crippen molar-refractivity contribution in [3.05, 3.63) is 24.3 Å². The SMILES string of the molecule is C=C1C(=O)OC2C1C(OC(C)=O)CC1(CO1)C1CC(O)C(=C)C21. The largest absolute Gasteiger partial charge is 0.462 e. The number of epoxide rings is 1. The zero-order valence-corrected chi connectivity index (χ0v) is 13.0. The number of carbonyl (C=O) groups excluding carboxylic acids is 2. The highest BCUT2D eigenvalue weighted by atomic mass is 16.6. The predicted molar refractivity (Wildman–Crippen MR) is 78.1 cm³/mol. The first-order chi connectivity index (χ1) is 10.8. The van der Waals surface area contributed by atoms with Gasteiger partial charge in [0.15, 0.2) is 0 Å². The van der Waals surface area contributed by atoms with E-state index in [-0.39, 0.29) is 11.8 Å². The van der Waals surface area contributed by atoms with Crippen LogP contribution >= 0.6 is 0 Å². The van der Waals surface area contributed by atoms with Crippen molar-refractivity contribution in [2.24, 2.45) is 17.8 Å². The van der Waals surface area contributed by atoms with Crippen molar-refractivity contribution >= 4 is 11.9 Å². The van der Waals surface area contributed by atoms with Crippen molar-refractivity contribution < 1.29 is 28.9 Å². The van der Waals surface area contributed by atoms with Gasteiger partial charge in [0.2, 0.25) is 0 Å². The van der Waals surface area contributed by atoms with Gasteiger partial charge in [0.05, 0.1) is 24.2 Å². The van der Waals surface area contributed by atoms with E-state index in [0.29, 0.717) is 30.6 Å². The number of ether oxygens (including phenoxy) is 3. The van der Waals surface area contributed by atoms with Crippen LogP contribution in [0.1, 0.15) is 19.8 Å². The fourth-order valence-corrected chi connectivity index (χ4v) is 4.71. The minimum atomic E-state index is -0.621. The molecule has 6 heteroatoms. The molecule has 1 N–H and O–H groups in total. The highest BCUT2D eigenvalue weighted by Gasteiger charge is 2.67. The van der Waals surface area contributed by atoms with Gasteiger partial charge in [-0.25, -0.2) is 4.79 Å². The summed E-state index contributed by atoms with van der Waals surface area (Å²) in [7, 11) is 0. The molecular weight excluding hydrogens is 300 g/mol. The third kappa shape index (κ3) is 2.01. The van der Waals surface area contributed by atoms with Gasteiger partial charge in [0.1, 0.15) is 12.2 Å². The molecule has 23 heavy (non-hydrogen) atoms. The van der Waals surface area contributed by atoms with E-state index < -0.39 is 41.8 Å². The molecule has 2 aliphatic heterocycles. The number of hydrogen-bond acceptors (Lipinski definition) is 6. The number of hydrogen-bond donors (Lipinski definition) is 1. The predicted octanol–water partition coefficient (Wildman–Crippen LogP) is 0.742. The van der Waals surface area contributed by atoms with Crippen LogP contribution in [0, 0.1) is 17.8 Å². The number of aliphatic hydroxyl groups excluding tert-OH is 1. The van der Waals surface area contributed by atoms with E-state index in [9.17, 15) is 14.7 Å². The highest BCUT2D eigenvalue weighted by Crippen LogP contribution is 2.59. The minimum Gasteiger partial charge on any atom is -0.462 e. The lowest BCUT2D eigenvalue weighted by Gasteiger charge is -2.28. The van der Waals surface area contributed by atoms with Crippen LogP contribution in [0.5, 0.6) is 0 Å². The van der Waals surface area contributed by atoms with Crippen LogP contribution < -0.4 is 0 Å². The van der Waals surface area contributed by atoms with Gasteiger partial charge in [-0.05, 0) is 12.0 Å². The fraction of sp³-hybridized carbons (Fsp3) is 0.647. The van der Waals surface area contributed by atoms with Crippen molar-refractivity contribution in [3.8, 4) is 0 Å². The number of esters is 2. The molecule has 2 saturated heterocycles. The molecule has 2 heterocycles. The normalized spacial score (nSPS) is 47.8. The molecule has 124 valence electrons. The van der Waals surface area contributed by atoms with Gasteiger partial charge in [-0.2, -0.15) is 0 Å². The summed E-state index contributed by atoms with van der Waals surface area (Å²) in [5, 5.41) is 10.2. The van der Waals surface area contributed by atoms with Crippen LogP contribution in [0.15, 0.2) is 24.3 Å². The lowest BCUT2D eigenvalue weighted by atomic mass is 9.79. The topological polar surface area (TPSA) is 85.4 Å². The Morgan fingerprint density at radius 2 is 2.09 bits per heavy atom. The number of rotatable bonds is 1. The second-order valence-corrected chi connectivity index (χ2v) is 7.09. The van der Waals surface area contributed by atoms with E-state index >= 15 is 0 Å². The summed E-state index contributed by atoms with van der Waals surface area (Å²) >= 11 is 0. The van der Waals surface area contributed by atoms with Gasteiger partial charge in [-0.3, -0.25) is 4.79 Å². The molecule has 0 aromatic rings. The molecule has 0 aromatic carbocycles. The molecule has 4 rings (SSSR count). The fourth-order valence-electron chi connectivity index (χ4n) is 4.71. The second-order valence-electron chi connectivity index (χ2n) is 7.09. The smallest absolute Gasteiger partial charge is 0.334 e. The van der Waals surface area contributed by atoms with Crippen molar-refractivity contribution in [2.75, 3.05) is 6.61 Å². The molecule has 0 aromatic heterocycles. The molecule has 0 amide bonds. The number of aliphatic hydroxyl groups is 1. The molecular formula is C17H20O6. The Hall–Kier alpha value is -1.66. The van der Waals surface area contributed by atoms with E-state index in [1.807, 2.05) is 0 Å². The summed E-state index contributed by atoms with van der Waals surface area (Å²) in [5.41, 5.74) is 0.570. The van der Waals surface area contributed by atoms with Crippen LogP contribution in [0.4, 0.5) is 0 Å². The van der Waals surface area contributed by atoms with E-state index in [1.165, 1.54) is 6.92 Å². The summed E-state index contributed by atoms with van der Waals surface area (Å²) in [6.07, 6.45) is -0.606. The zero-order chi connectivity index (χ0) is 16.5. The van der Waals surface area contributed by atoms with Gasteiger partial charge in [0, 0.05) is 30.8 Å². The molecule has 7 unspecified atom stereocenters. The van der Waals surface area contributed by atoms with Gasteiger partial charge >= 0.3 is 11.9 Å². The van der Waals surface area contributed by atoms with E-state index in [4.69, 9.17) is 14.2 Å². The lowest BCUT2D eigenvalue weighted by molar-refractivity contribution is -0.150. The summed E-state index contributed by atoms with van der Waals surface area (Å²) in [6, 6.07) is 0. The quantitative estimate of drug-likeness (QED) is 0.332. The first-order valence-electron chi connectivity index (χ1n) is 7.92. The minimum absolute atomic E-state index is 0.0109. The Balaban J connectivity index is 1.78. The van der Waals surface area contributed by atoms with E-state index in [1.54, 1.807) is 0 Å². The maximum Gasteiger partial charge on any atom is 0.334 e. The van der Waals surface area contributed by atoms with E-state index in [0.717, 1.165) is 0 Å². The van der Waals surface area contributed by atoms with E-state index in [2.05, 4.69) is 13.2 Å². The molecule has 2 aliphatic carbocycles. The zero-order valence-electron chi connectivity index (χ0n) is 13.0. The third-order valence-corrected chi connectivity index (χ3v) is 5.84. The summed E-state index contributed by atoms with van der Waals surface area (Å²) in [5.74, 6) is -1.46. The van der Waals surface area contributed by atoms with Crippen LogP contribution in [0.25, 0.3) is 0 Å². The van der Waals surface area contributed by atoms with Crippen molar-refractivity contribution in [1.29, 1.82) is 0 Å². The van der Waals surface area contributed by atoms with Crippen molar-refractivity contribution in [3.63, 3.8) is 0 Å². The molecule has 2 saturated carbocycles. The molecule has 1 spiro atoms. The van der Waals surface area contributed by atoms with Crippen LogP contribution in [0.3, 0.4) is 0 Å². The third-order valence-electron chi connectivity index (χ3n) is 5.84. The Bertz CT molecular complexity index is 619. The standard InChI is InChI=1S/C17H20O6/c1-7-11(19)4-10-13(7)15-14(8(2)16(20)23-15)12(22-9(3)18)5-17(10)6-21-17/h10-15,19H,1-2,4-6H2,3H3. The Labute approximate surface area is 134 Å². The molecule has 4 aliphatic rings. The number of carbonyl (C=O) groups is 2. The Morgan fingerprint density at radius 1 is 1.39 bits per heavy atom. The maximum absolute atomic E-state index is 12.1. The second kappa shape index (κ2) is 4.68. The van der Waals surface area contributed by atoms with Gasteiger partial charge < -0.3 is 19.3 Å². The Kier molecular flexibility index (Phi) is 3.03. The maximum atomic E-state index is 12.1. The van der Waals surface area contributed by atoms with Crippen LogP contribution in [-0.2, 0) is 23.8 Å². The van der Waals surface area contributed by atoms with Crippen LogP contribution in [-0.4, -0.2) is 47.6 Å². The Morgan fingerprint density at radius 3 is 2.70 bits per heavy atom. The molecule has 0 radical (unpaired) electrons. The first kappa shape index (κ1) is 14.9. The average Bonchev–Trinajstić information content (AvgIpc) is 3.12. The van der Waals surface area contributed by atoms with Gasteiger partial charge in [-0.1, -0.05) is 13.2 Å². The van der Waals surface area contributed by atoms with Crippen molar-refractivity contribution in [2.45, 2.75) is 43.7 Å². The lowest BCUT2D eigenvalue weighted by Crippen LogP contribution is -2.35. The monoisotopic (exact) mass is 320 g/mol. The first-order valence-corrected chi connectivity index (χ1v) is 7.92. The summed E-state index contributed by atoms with van der Waals surface area (Å²) < 4.78 is 16.8. The molecule has 0 bridgehead atoms.